The molecule has 0 bridgehead atoms. The first kappa shape index (κ1) is 10.5. The number of nitrogens with zero attached hydrogens (tertiary/aromatic N) is 1. The van der Waals surface area contributed by atoms with E-state index in [9.17, 15) is 4.39 Å². The maximum atomic E-state index is 13.0. The Labute approximate surface area is 98.2 Å². The Morgan fingerprint density at radius 1 is 1.53 bits per heavy atom. The molecule has 3 rings (SSSR count). The summed E-state index contributed by atoms with van der Waals surface area (Å²) >= 11 is 0. The van der Waals surface area contributed by atoms with E-state index in [0.29, 0.717) is 18.1 Å². The van der Waals surface area contributed by atoms with Crippen LogP contribution in [0.25, 0.3) is 11.0 Å². The molecule has 5 heteroatoms. The van der Waals surface area contributed by atoms with Gasteiger partial charge in [-0.3, -0.25) is 0 Å². The number of halogens is 1. The summed E-state index contributed by atoms with van der Waals surface area (Å²) in [6.07, 6.45) is 0.943. The zero-order chi connectivity index (χ0) is 11.9. The number of benzene rings is 1. The van der Waals surface area contributed by atoms with Crippen molar-refractivity contribution in [3.8, 4) is 0 Å². The summed E-state index contributed by atoms with van der Waals surface area (Å²) in [5.41, 5.74) is 1.37. The molecule has 0 spiro atoms. The fraction of sp³-hybridized carbons (Fsp3) is 0.417. The number of H-pyrrole nitrogens is 1. The Hall–Kier alpha value is -1.62. The molecule has 0 aliphatic carbocycles. The van der Waals surface area contributed by atoms with E-state index in [-0.39, 0.29) is 11.4 Å². The molecule has 1 saturated heterocycles. The van der Waals surface area contributed by atoms with Gasteiger partial charge in [0.1, 0.15) is 5.82 Å². The van der Waals surface area contributed by atoms with Crippen molar-refractivity contribution in [1.29, 1.82) is 0 Å². The molecule has 2 aromatic rings. The monoisotopic (exact) mass is 235 g/mol. The molecule has 1 atom stereocenters. The number of anilines is 1. The van der Waals surface area contributed by atoms with Crippen LogP contribution in [0.15, 0.2) is 18.2 Å². The van der Waals surface area contributed by atoms with Crippen LogP contribution in [0.5, 0.6) is 0 Å². The van der Waals surface area contributed by atoms with Gasteiger partial charge >= 0.3 is 0 Å². The summed E-state index contributed by atoms with van der Waals surface area (Å²) < 4.78 is 18.4. The molecule has 1 fully saturated rings. The molecule has 1 aliphatic heterocycles. The Bertz CT molecular complexity index is 546. The second-order valence-electron chi connectivity index (χ2n) is 4.74. The highest BCUT2D eigenvalue weighted by Gasteiger charge is 2.30. The third kappa shape index (κ3) is 1.98. The van der Waals surface area contributed by atoms with Crippen molar-refractivity contribution in [2.75, 3.05) is 18.5 Å². The van der Waals surface area contributed by atoms with E-state index < -0.39 is 0 Å². The van der Waals surface area contributed by atoms with E-state index in [2.05, 4.69) is 22.2 Å². The minimum absolute atomic E-state index is 0.0909. The summed E-state index contributed by atoms with van der Waals surface area (Å²) in [7, 11) is 0. The van der Waals surface area contributed by atoms with Crippen molar-refractivity contribution < 1.29 is 9.13 Å². The third-order valence-electron chi connectivity index (χ3n) is 3.08. The predicted octanol–water partition coefficient (Wildman–Crippen LogP) is 2.29. The number of imidazole rings is 1. The van der Waals surface area contributed by atoms with E-state index in [1.165, 1.54) is 12.1 Å². The number of aromatic amines is 1. The molecule has 0 saturated carbocycles. The summed E-state index contributed by atoms with van der Waals surface area (Å²) in [4.78, 5) is 7.44. The molecule has 90 valence electrons. The predicted molar refractivity (Wildman–Crippen MR) is 63.5 cm³/mol. The number of ether oxygens (including phenoxy) is 1. The van der Waals surface area contributed by atoms with E-state index in [0.717, 1.165) is 18.5 Å². The van der Waals surface area contributed by atoms with E-state index in [4.69, 9.17) is 4.74 Å². The average molecular weight is 235 g/mol. The largest absolute Gasteiger partial charge is 0.379 e. The highest BCUT2D eigenvalue weighted by atomic mass is 19.1. The maximum Gasteiger partial charge on any atom is 0.201 e. The molecular weight excluding hydrogens is 221 g/mol. The van der Waals surface area contributed by atoms with Gasteiger partial charge in [-0.05, 0) is 31.5 Å². The molecule has 0 radical (unpaired) electrons. The van der Waals surface area contributed by atoms with E-state index in [1.807, 2.05) is 0 Å². The number of rotatable bonds is 2. The van der Waals surface area contributed by atoms with Gasteiger partial charge in [0.05, 0.1) is 23.2 Å². The number of fused-ring (bicyclic) bond motifs is 1. The van der Waals surface area contributed by atoms with Crippen LogP contribution in [0.3, 0.4) is 0 Å². The Morgan fingerprint density at radius 2 is 2.41 bits per heavy atom. The lowest BCUT2D eigenvalue weighted by molar-refractivity contribution is 0.185. The molecule has 4 nitrogen and oxygen atoms in total. The Kier molecular flexibility index (Phi) is 2.29. The van der Waals surface area contributed by atoms with Crippen LogP contribution in [-0.2, 0) is 4.74 Å². The molecule has 1 unspecified atom stereocenters. The summed E-state index contributed by atoms with van der Waals surface area (Å²) in [5, 5.41) is 3.31. The fourth-order valence-corrected chi connectivity index (χ4v) is 2.09. The molecular formula is C12H14FN3O. The van der Waals surface area contributed by atoms with Crippen molar-refractivity contribution in [1.82, 2.24) is 9.97 Å². The lowest BCUT2D eigenvalue weighted by Gasteiger charge is -2.22. The quantitative estimate of drug-likeness (QED) is 0.839. The van der Waals surface area contributed by atoms with Gasteiger partial charge in [-0.15, -0.1) is 0 Å². The summed E-state index contributed by atoms with van der Waals surface area (Å²) in [5.74, 6) is 0.404. The summed E-state index contributed by atoms with van der Waals surface area (Å²) in [6.45, 7) is 3.52. The standard InChI is InChI=1S/C12H14FN3O/c1-12(4-5-17-7-12)16-11-14-9-3-2-8(13)6-10(9)15-11/h2-3,6H,4-5,7H2,1H3,(H2,14,15,16). The number of aromatic nitrogens is 2. The molecule has 17 heavy (non-hydrogen) atoms. The zero-order valence-electron chi connectivity index (χ0n) is 9.59. The van der Waals surface area contributed by atoms with Crippen LogP contribution < -0.4 is 5.32 Å². The van der Waals surface area contributed by atoms with E-state index >= 15 is 0 Å². The Balaban J connectivity index is 1.90. The molecule has 0 amide bonds. The normalized spacial score (nSPS) is 24.4. The van der Waals surface area contributed by atoms with Crippen LogP contribution in [-0.4, -0.2) is 28.7 Å². The van der Waals surface area contributed by atoms with Gasteiger partial charge in [-0.2, -0.15) is 0 Å². The number of nitrogens with one attached hydrogen (secondary N) is 2. The highest BCUT2D eigenvalue weighted by molar-refractivity contribution is 5.77. The fourth-order valence-electron chi connectivity index (χ4n) is 2.09. The number of hydrogen-bond donors (Lipinski definition) is 2. The van der Waals surface area contributed by atoms with Crippen LogP contribution in [0, 0.1) is 5.82 Å². The lowest BCUT2D eigenvalue weighted by Crippen LogP contribution is -2.35. The average Bonchev–Trinajstić information content (AvgIpc) is 2.84. The topological polar surface area (TPSA) is 49.9 Å². The van der Waals surface area contributed by atoms with Crippen molar-refractivity contribution in [2.45, 2.75) is 18.9 Å². The number of hydrogen-bond acceptors (Lipinski definition) is 3. The van der Waals surface area contributed by atoms with Gasteiger partial charge in [0.25, 0.3) is 0 Å². The van der Waals surface area contributed by atoms with Gasteiger partial charge in [0.2, 0.25) is 5.95 Å². The minimum atomic E-state index is -0.261. The van der Waals surface area contributed by atoms with Crippen LogP contribution in [0.2, 0.25) is 0 Å². The van der Waals surface area contributed by atoms with Crippen molar-refractivity contribution in [3.05, 3.63) is 24.0 Å². The van der Waals surface area contributed by atoms with Crippen LogP contribution in [0.4, 0.5) is 10.3 Å². The first-order chi connectivity index (χ1) is 8.15. The van der Waals surface area contributed by atoms with Crippen LogP contribution in [0.1, 0.15) is 13.3 Å². The smallest absolute Gasteiger partial charge is 0.201 e. The third-order valence-corrected chi connectivity index (χ3v) is 3.08. The molecule has 2 heterocycles. The molecule has 2 N–H and O–H groups in total. The van der Waals surface area contributed by atoms with Gasteiger partial charge in [0.15, 0.2) is 0 Å². The highest BCUT2D eigenvalue weighted by Crippen LogP contribution is 2.24. The second kappa shape index (κ2) is 3.70. The maximum absolute atomic E-state index is 13.0. The van der Waals surface area contributed by atoms with Gasteiger partial charge in [0, 0.05) is 6.61 Å². The second-order valence-corrected chi connectivity index (χ2v) is 4.74. The first-order valence-corrected chi connectivity index (χ1v) is 5.66. The summed E-state index contributed by atoms with van der Waals surface area (Å²) in [6, 6.07) is 4.52. The Morgan fingerprint density at radius 3 is 3.18 bits per heavy atom. The van der Waals surface area contributed by atoms with Crippen molar-refractivity contribution in [2.24, 2.45) is 0 Å². The van der Waals surface area contributed by atoms with Crippen molar-refractivity contribution in [3.63, 3.8) is 0 Å². The first-order valence-electron chi connectivity index (χ1n) is 5.66. The van der Waals surface area contributed by atoms with Gasteiger partial charge in [-0.25, -0.2) is 9.37 Å². The van der Waals surface area contributed by atoms with Gasteiger partial charge < -0.3 is 15.0 Å². The lowest BCUT2D eigenvalue weighted by atomic mass is 10.0. The van der Waals surface area contributed by atoms with E-state index in [1.54, 1.807) is 6.07 Å². The minimum Gasteiger partial charge on any atom is -0.379 e. The van der Waals surface area contributed by atoms with Crippen LogP contribution >= 0.6 is 0 Å². The molecule has 1 aromatic carbocycles. The molecule has 1 aliphatic rings. The SMILES string of the molecule is CC1(Nc2nc3ccc(F)cc3[nH]2)CCOC1. The van der Waals surface area contributed by atoms with Gasteiger partial charge in [-0.1, -0.05) is 0 Å². The molecule has 1 aromatic heterocycles. The zero-order valence-corrected chi connectivity index (χ0v) is 9.59. The van der Waals surface area contributed by atoms with Crippen molar-refractivity contribution >= 4 is 17.0 Å².